The molecular weight excluding hydrogens is 250 g/mol. The molecule has 1 radical (unpaired) electrons. The zero-order chi connectivity index (χ0) is 13.8. The van der Waals surface area contributed by atoms with Crippen molar-refractivity contribution in [3.8, 4) is 5.75 Å². The molecule has 1 aromatic carbocycles. The Balaban J connectivity index is 2.38. The molecule has 0 aliphatic carbocycles. The van der Waals surface area contributed by atoms with Gasteiger partial charge in [-0.05, 0) is 24.3 Å². The lowest BCUT2D eigenvalue weighted by atomic mass is 10.1. The number of nitrogens with one attached hydrogen (secondary N) is 1. The van der Waals surface area contributed by atoms with Gasteiger partial charge in [-0.25, -0.2) is 4.79 Å². The van der Waals surface area contributed by atoms with Crippen molar-refractivity contribution in [1.29, 1.82) is 0 Å². The van der Waals surface area contributed by atoms with Gasteiger partial charge in [-0.15, -0.1) is 0 Å². The normalized spacial score (nSPS) is 10.6. The third-order valence-corrected chi connectivity index (χ3v) is 2.50. The zero-order valence-electron chi connectivity index (χ0n) is 10.3. The first-order valence-corrected chi connectivity index (χ1v) is 5.57. The van der Waals surface area contributed by atoms with Crippen LogP contribution in [0.1, 0.15) is 10.4 Å². The van der Waals surface area contributed by atoms with E-state index in [-0.39, 0.29) is 5.56 Å². The maximum Gasteiger partial charge on any atom is 0.349 e. The predicted octanol–water partition coefficient (Wildman–Crippen LogP) is 1.24. The van der Waals surface area contributed by atoms with Crippen LogP contribution in [0.5, 0.6) is 5.75 Å². The van der Waals surface area contributed by atoms with E-state index in [9.17, 15) is 9.59 Å². The Bertz CT molecular complexity index is 662. The second-order valence-corrected chi connectivity index (χ2v) is 3.82. The van der Waals surface area contributed by atoms with Crippen LogP contribution in [0.2, 0.25) is 0 Å². The van der Waals surface area contributed by atoms with Crippen molar-refractivity contribution in [3.05, 3.63) is 40.2 Å². The van der Waals surface area contributed by atoms with Gasteiger partial charge in [0.05, 0.1) is 6.61 Å². The molecule has 1 N–H and O–H groups in total. The van der Waals surface area contributed by atoms with E-state index >= 15 is 0 Å². The zero-order valence-corrected chi connectivity index (χ0v) is 10.3. The first-order chi connectivity index (χ1) is 9.11. The van der Waals surface area contributed by atoms with Crippen molar-refractivity contribution in [2.45, 2.75) is 0 Å². The van der Waals surface area contributed by atoms with Gasteiger partial charge in [0, 0.05) is 12.5 Å². The number of ether oxygens (including phenoxy) is 2. The molecule has 0 fully saturated rings. The van der Waals surface area contributed by atoms with E-state index in [1.165, 1.54) is 6.07 Å². The number of hydrogen-bond acceptors (Lipinski definition) is 5. The lowest BCUT2D eigenvalue weighted by molar-refractivity contribution is 0.0988. The van der Waals surface area contributed by atoms with E-state index in [1.54, 1.807) is 25.3 Å². The minimum atomic E-state index is -1.07. The number of rotatable bonds is 5. The Morgan fingerprint density at radius 1 is 1.32 bits per heavy atom. The van der Waals surface area contributed by atoms with Gasteiger partial charge in [0.2, 0.25) is 0 Å². The average molecular weight is 262 g/mol. The fraction of sp³-hybridized carbons (Fsp3) is 0.231. The van der Waals surface area contributed by atoms with E-state index in [0.29, 0.717) is 29.9 Å². The summed E-state index contributed by atoms with van der Waals surface area (Å²) < 4.78 is 15.2. The molecule has 0 aliphatic rings. The topological polar surface area (TPSA) is 89.5 Å². The summed E-state index contributed by atoms with van der Waals surface area (Å²) >= 11 is 0. The van der Waals surface area contributed by atoms with Gasteiger partial charge in [-0.2, -0.15) is 0 Å². The van der Waals surface area contributed by atoms with Crippen LogP contribution < -0.4 is 16.1 Å². The molecule has 2 rings (SSSR count). The van der Waals surface area contributed by atoms with Crippen LogP contribution in [0.25, 0.3) is 11.0 Å². The lowest BCUT2D eigenvalue weighted by Crippen LogP contribution is -2.14. The smallest absolute Gasteiger partial charge is 0.349 e. The SMILES string of the molecule is COCCOc1ccc2oc(=O)c(C([NH])=O)cc2c1. The number of carbonyl (C=O) groups excluding carboxylic acids is 1. The summed E-state index contributed by atoms with van der Waals surface area (Å²) in [4.78, 5) is 22.4. The van der Waals surface area contributed by atoms with Crippen molar-refractivity contribution in [1.82, 2.24) is 5.73 Å². The highest BCUT2D eigenvalue weighted by Gasteiger charge is 2.11. The summed E-state index contributed by atoms with van der Waals surface area (Å²) in [6.07, 6.45) is 0. The Labute approximate surface area is 108 Å². The molecule has 0 atom stereocenters. The third kappa shape index (κ3) is 2.92. The summed E-state index contributed by atoms with van der Waals surface area (Å²) in [5.41, 5.74) is 6.22. The maximum atomic E-state index is 11.4. The Morgan fingerprint density at radius 2 is 2.11 bits per heavy atom. The predicted molar refractivity (Wildman–Crippen MR) is 67.3 cm³/mol. The van der Waals surface area contributed by atoms with E-state index in [2.05, 4.69) is 0 Å². The van der Waals surface area contributed by atoms with Gasteiger partial charge in [-0.1, -0.05) is 0 Å². The van der Waals surface area contributed by atoms with Crippen LogP contribution in [0.3, 0.4) is 0 Å². The molecule has 19 heavy (non-hydrogen) atoms. The number of amides is 1. The lowest BCUT2D eigenvalue weighted by Gasteiger charge is -2.06. The van der Waals surface area contributed by atoms with Crippen LogP contribution in [0.4, 0.5) is 0 Å². The fourth-order valence-corrected chi connectivity index (χ4v) is 1.59. The second kappa shape index (κ2) is 5.53. The minimum Gasteiger partial charge on any atom is -0.491 e. The third-order valence-electron chi connectivity index (χ3n) is 2.50. The molecule has 1 heterocycles. The molecular formula is C13H12NO5. The summed E-state index contributed by atoms with van der Waals surface area (Å²) in [6.45, 7) is 0.849. The van der Waals surface area contributed by atoms with Gasteiger partial charge in [0.1, 0.15) is 23.5 Å². The molecule has 0 spiro atoms. The van der Waals surface area contributed by atoms with Gasteiger partial charge >= 0.3 is 5.63 Å². The maximum absolute atomic E-state index is 11.4. The molecule has 0 aliphatic heterocycles. The van der Waals surface area contributed by atoms with Crippen molar-refractivity contribution in [2.75, 3.05) is 20.3 Å². The first-order valence-electron chi connectivity index (χ1n) is 5.57. The van der Waals surface area contributed by atoms with Gasteiger partial charge in [0.15, 0.2) is 0 Å². The Hall–Kier alpha value is -2.34. The van der Waals surface area contributed by atoms with E-state index in [4.69, 9.17) is 19.6 Å². The molecule has 0 bridgehead atoms. The van der Waals surface area contributed by atoms with Gasteiger partial charge in [-0.3, -0.25) is 10.5 Å². The van der Waals surface area contributed by atoms with E-state index in [1.807, 2.05) is 0 Å². The Morgan fingerprint density at radius 3 is 2.79 bits per heavy atom. The number of methoxy groups -OCH3 is 1. The van der Waals surface area contributed by atoms with Crippen LogP contribution in [-0.2, 0) is 4.74 Å². The average Bonchev–Trinajstić information content (AvgIpc) is 2.38. The number of fused-ring (bicyclic) bond motifs is 1. The van der Waals surface area contributed by atoms with Crippen molar-refractivity contribution < 1.29 is 18.7 Å². The standard InChI is InChI=1S/C13H12NO5/c1-17-4-5-18-9-2-3-11-8(6-9)7-10(12(14)15)13(16)19-11/h2-3,6-7,14H,4-5H2,1H3. The minimum absolute atomic E-state index is 0.290. The summed E-state index contributed by atoms with van der Waals surface area (Å²) in [5, 5.41) is 0.533. The fourth-order valence-electron chi connectivity index (χ4n) is 1.59. The second-order valence-electron chi connectivity index (χ2n) is 3.82. The number of hydrogen-bond donors (Lipinski definition) is 0. The van der Waals surface area contributed by atoms with Crippen molar-refractivity contribution in [3.63, 3.8) is 0 Å². The summed E-state index contributed by atoms with van der Waals surface area (Å²) in [7, 11) is 1.57. The van der Waals surface area contributed by atoms with E-state index < -0.39 is 11.5 Å². The first kappa shape index (κ1) is 13.1. The molecule has 1 aromatic heterocycles. The van der Waals surface area contributed by atoms with Crippen LogP contribution >= 0.6 is 0 Å². The number of benzene rings is 1. The van der Waals surface area contributed by atoms with E-state index in [0.717, 1.165) is 0 Å². The largest absolute Gasteiger partial charge is 0.491 e. The highest BCUT2D eigenvalue weighted by atomic mass is 16.5. The highest BCUT2D eigenvalue weighted by molar-refractivity contribution is 5.95. The molecule has 6 nitrogen and oxygen atoms in total. The molecule has 0 saturated heterocycles. The highest BCUT2D eigenvalue weighted by Crippen LogP contribution is 2.20. The Kier molecular flexibility index (Phi) is 3.82. The molecule has 6 heteroatoms. The van der Waals surface area contributed by atoms with Crippen LogP contribution in [0.15, 0.2) is 33.5 Å². The quantitative estimate of drug-likeness (QED) is 0.597. The molecule has 2 aromatic rings. The van der Waals surface area contributed by atoms with Crippen LogP contribution in [-0.4, -0.2) is 26.2 Å². The van der Waals surface area contributed by atoms with Gasteiger partial charge < -0.3 is 13.9 Å². The molecule has 99 valence electrons. The monoisotopic (exact) mass is 262 g/mol. The molecule has 0 unspecified atom stereocenters. The molecule has 1 amide bonds. The summed E-state index contributed by atoms with van der Waals surface area (Å²) in [6, 6.07) is 6.21. The number of carbonyl (C=O) groups is 1. The van der Waals surface area contributed by atoms with Crippen molar-refractivity contribution in [2.24, 2.45) is 0 Å². The van der Waals surface area contributed by atoms with Gasteiger partial charge in [0.25, 0.3) is 5.91 Å². The summed E-state index contributed by atoms with van der Waals surface area (Å²) in [5.74, 6) is -0.497. The van der Waals surface area contributed by atoms with Crippen LogP contribution in [0, 0.1) is 0 Å². The van der Waals surface area contributed by atoms with Crippen molar-refractivity contribution >= 4 is 16.9 Å². The molecule has 0 saturated carbocycles.